The second kappa shape index (κ2) is 21.3. The van der Waals surface area contributed by atoms with Crippen molar-refractivity contribution in [3.63, 3.8) is 0 Å². The quantitative estimate of drug-likeness (QED) is 0.0626. The highest BCUT2D eigenvalue weighted by Gasteiger charge is 2.28. The molecule has 2 heterocycles. The summed E-state index contributed by atoms with van der Waals surface area (Å²) in [5.41, 5.74) is 6.36. The van der Waals surface area contributed by atoms with Crippen LogP contribution in [0.1, 0.15) is 61.3 Å². The molecule has 266 valence electrons. The predicted molar refractivity (Wildman–Crippen MR) is 202 cm³/mol. The Hall–Kier alpha value is -4.02. The first kappa shape index (κ1) is 38.8. The number of pyridine rings is 2. The van der Waals surface area contributed by atoms with Crippen LogP contribution in [0.15, 0.2) is 85.2 Å². The molecule has 0 spiro atoms. The smallest absolute Gasteiger partial charge is 0.320 e. The zero-order chi connectivity index (χ0) is 35.6. The van der Waals surface area contributed by atoms with Gasteiger partial charge in [0.1, 0.15) is 22.0 Å². The zero-order valence-electron chi connectivity index (χ0n) is 29.5. The number of aromatic nitrogens is 2. The Bertz CT molecular complexity index is 1460. The SMILES string of the molecule is CCOC(=O)[C@H](Cc1ccc(OCCc2ccc(CC)cn2)cc1)SS[C@@H](Cc1ccc(OCCc2ccc(CC)cn2)cc1)C(=O)OCC. The van der Waals surface area contributed by atoms with Crippen LogP contribution in [-0.2, 0) is 57.6 Å². The molecule has 4 aromatic rings. The average Bonchev–Trinajstić information content (AvgIpc) is 3.14. The van der Waals surface area contributed by atoms with E-state index in [0.717, 1.165) is 59.7 Å². The van der Waals surface area contributed by atoms with Crippen LogP contribution in [0, 0.1) is 0 Å². The van der Waals surface area contributed by atoms with Gasteiger partial charge in [0.05, 0.1) is 26.4 Å². The van der Waals surface area contributed by atoms with Gasteiger partial charge in [-0.25, -0.2) is 0 Å². The van der Waals surface area contributed by atoms with Gasteiger partial charge in [-0.05, 0) is 98.2 Å². The molecule has 0 saturated heterocycles. The van der Waals surface area contributed by atoms with Crippen LogP contribution in [0.25, 0.3) is 0 Å². The van der Waals surface area contributed by atoms with Gasteiger partial charge < -0.3 is 18.9 Å². The lowest BCUT2D eigenvalue weighted by Crippen LogP contribution is -2.25. The molecule has 0 amide bonds. The molecule has 0 aliphatic rings. The number of carbonyl (C=O) groups excluding carboxylic acids is 2. The van der Waals surface area contributed by atoms with E-state index in [1.165, 1.54) is 32.7 Å². The number of nitrogens with zero attached hydrogens (tertiary/aromatic N) is 2. The van der Waals surface area contributed by atoms with Gasteiger partial charge in [0.15, 0.2) is 0 Å². The molecule has 0 saturated carbocycles. The first-order chi connectivity index (χ1) is 24.4. The first-order valence-corrected chi connectivity index (χ1v) is 19.6. The van der Waals surface area contributed by atoms with E-state index in [1.807, 2.05) is 73.1 Å². The van der Waals surface area contributed by atoms with Crippen molar-refractivity contribution in [1.29, 1.82) is 0 Å². The predicted octanol–water partition coefficient (Wildman–Crippen LogP) is 7.87. The largest absolute Gasteiger partial charge is 0.493 e. The van der Waals surface area contributed by atoms with Crippen LogP contribution in [0.3, 0.4) is 0 Å². The van der Waals surface area contributed by atoms with Crippen molar-refractivity contribution < 1.29 is 28.5 Å². The molecule has 2 aromatic carbocycles. The Kier molecular flexibility index (Phi) is 16.5. The van der Waals surface area contributed by atoms with Gasteiger partial charge in [-0.1, -0.05) is 71.8 Å². The summed E-state index contributed by atoms with van der Waals surface area (Å²) >= 11 is 0. The molecule has 0 aliphatic carbocycles. The maximum absolute atomic E-state index is 13.0. The van der Waals surface area contributed by atoms with Crippen molar-refractivity contribution in [2.24, 2.45) is 0 Å². The Morgan fingerprint density at radius 1 is 0.560 bits per heavy atom. The van der Waals surface area contributed by atoms with Crippen molar-refractivity contribution in [2.45, 2.75) is 76.7 Å². The fourth-order valence-corrected chi connectivity index (χ4v) is 7.73. The maximum Gasteiger partial charge on any atom is 0.320 e. The Balaban J connectivity index is 1.30. The van der Waals surface area contributed by atoms with Gasteiger partial charge in [-0.3, -0.25) is 19.6 Å². The standard InChI is InChI=1S/C40H48N2O6S2/c1-5-29-9-15-33(41-27-29)21-23-47-35-17-11-31(12-18-35)25-37(39(43)45-7-3)49-50-38(40(44)46-8-4)26-32-13-19-36(20-14-32)48-24-22-34-16-10-30(6-2)28-42-34/h9-20,27-28,37-38H,5-8,21-26H2,1-4H3/t37-,38-/m0/s1. The van der Waals surface area contributed by atoms with E-state index in [4.69, 9.17) is 18.9 Å². The second-order valence-electron chi connectivity index (χ2n) is 11.6. The van der Waals surface area contributed by atoms with Gasteiger partial charge in [0.25, 0.3) is 0 Å². The van der Waals surface area contributed by atoms with Crippen LogP contribution >= 0.6 is 21.6 Å². The lowest BCUT2D eigenvalue weighted by Gasteiger charge is -2.19. The summed E-state index contributed by atoms with van der Waals surface area (Å²) in [5, 5.41) is -1.02. The Morgan fingerprint density at radius 3 is 1.26 bits per heavy atom. The third-order valence-corrected chi connectivity index (χ3v) is 10.9. The third-order valence-electron chi connectivity index (χ3n) is 7.92. The van der Waals surface area contributed by atoms with E-state index in [1.54, 1.807) is 13.8 Å². The van der Waals surface area contributed by atoms with Crippen molar-refractivity contribution >= 4 is 33.5 Å². The fraction of sp³-hybridized carbons (Fsp3) is 0.400. The van der Waals surface area contributed by atoms with Gasteiger partial charge >= 0.3 is 11.9 Å². The van der Waals surface area contributed by atoms with Crippen molar-refractivity contribution in [3.05, 3.63) is 119 Å². The minimum Gasteiger partial charge on any atom is -0.493 e. The monoisotopic (exact) mass is 716 g/mol. The molecule has 2 atom stereocenters. The molecule has 10 heteroatoms. The molecule has 0 radical (unpaired) electrons. The summed E-state index contributed by atoms with van der Waals surface area (Å²) in [7, 11) is 2.70. The second-order valence-corrected chi connectivity index (χ2v) is 14.3. The number of esters is 2. The minimum atomic E-state index is -0.510. The first-order valence-electron chi connectivity index (χ1n) is 17.4. The van der Waals surface area contributed by atoms with Crippen LogP contribution < -0.4 is 9.47 Å². The molecular formula is C40H48N2O6S2. The molecule has 0 fully saturated rings. The lowest BCUT2D eigenvalue weighted by molar-refractivity contribution is -0.143. The summed E-state index contributed by atoms with van der Waals surface area (Å²) in [6.07, 6.45) is 8.10. The number of rotatable bonds is 21. The van der Waals surface area contributed by atoms with E-state index in [9.17, 15) is 9.59 Å². The highest BCUT2D eigenvalue weighted by atomic mass is 33.1. The molecular weight excluding hydrogens is 669 g/mol. The van der Waals surface area contributed by atoms with Gasteiger partial charge in [0, 0.05) is 36.6 Å². The van der Waals surface area contributed by atoms with Crippen molar-refractivity contribution in [2.75, 3.05) is 26.4 Å². The fourth-order valence-electron chi connectivity index (χ4n) is 4.96. The van der Waals surface area contributed by atoms with E-state index < -0.39 is 10.5 Å². The lowest BCUT2D eigenvalue weighted by atomic mass is 10.1. The number of hydrogen-bond donors (Lipinski definition) is 0. The van der Waals surface area contributed by atoms with E-state index in [-0.39, 0.29) is 25.2 Å². The van der Waals surface area contributed by atoms with Crippen LogP contribution in [0.5, 0.6) is 11.5 Å². The summed E-state index contributed by atoms with van der Waals surface area (Å²) < 4.78 is 22.7. The molecule has 0 aliphatic heterocycles. The molecule has 50 heavy (non-hydrogen) atoms. The van der Waals surface area contributed by atoms with Gasteiger partial charge in [0.2, 0.25) is 0 Å². The number of hydrogen-bond acceptors (Lipinski definition) is 10. The maximum atomic E-state index is 13.0. The summed E-state index contributed by atoms with van der Waals surface area (Å²) in [6, 6.07) is 23.8. The molecule has 0 N–H and O–H groups in total. The number of carbonyl (C=O) groups is 2. The number of ether oxygens (including phenoxy) is 4. The highest BCUT2D eigenvalue weighted by molar-refractivity contribution is 8.77. The average molecular weight is 717 g/mol. The minimum absolute atomic E-state index is 0.279. The Morgan fingerprint density at radius 2 is 0.940 bits per heavy atom. The van der Waals surface area contributed by atoms with Crippen LogP contribution in [0.2, 0.25) is 0 Å². The summed E-state index contributed by atoms with van der Waals surface area (Å²) in [4.78, 5) is 35.0. The van der Waals surface area contributed by atoms with Gasteiger partial charge in [-0.2, -0.15) is 0 Å². The summed E-state index contributed by atoms with van der Waals surface area (Å²) in [5.74, 6) is 0.886. The zero-order valence-corrected chi connectivity index (χ0v) is 31.1. The van der Waals surface area contributed by atoms with E-state index >= 15 is 0 Å². The van der Waals surface area contributed by atoms with Crippen molar-refractivity contribution in [1.82, 2.24) is 9.97 Å². The topological polar surface area (TPSA) is 96.8 Å². The van der Waals surface area contributed by atoms with Gasteiger partial charge in [-0.15, -0.1) is 0 Å². The highest BCUT2D eigenvalue weighted by Crippen LogP contribution is 2.36. The number of benzene rings is 2. The molecule has 2 aromatic heterocycles. The molecule has 8 nitrogen and oxygen atoms in total. The van der Waals surface area contributed by atoms with E-state index in [0.29, 0.717) is 26.1 Å². The van der Waals surface area contributed by atoms with Crippen molar-refractivity contribution in [3.8, 4) is 11.5 Å². The van der Waals surface area contributed by atoms with Crippen LogP contribution in [-0.4, -0.2) is 58.8 Å². The Labute approximate surface area is 304 Å². The summed E-state index contributed by atoms with van der Waals surface area (Å²) in [6.45, 7) is 9.41. The molecule has 4 rings (SSSR count). The number of aryl methyl sites for hydroxylation is 2. The molecule has 0 bridgehead atoms. The normalized spacial score (nSPS) is 12.2. The third kappa shape index (κ3) is 13.0. The van der Waals surface area contributed by atoms with E-state index in [2.05, 4.69) is 35.9 Å². The molecule has 0 unspecified atom stereocenters. The van der Waals surface area contributed by atoms with Crippen LogP contribution in [0.4, 0.5) is 0 Å².